The third kappa shape index (κ3) is 4.64. The highest BCUT2D eigenvalue weighted by molar-refractivity contribution is 6.83. The van der Waals surface area contributed by atoms with Gasteiger partial charge in [-0.15, -0.1) is 0 Å². The topological polar surface area (TPSA) is 9.23 Å². The number of benzene rings is 2. The van der Waals surface area contributed by atoms with E-state index in [-0.39, 0.29) is 0 Å². The van der Waals surface area contributed by atoms with Gasteiger partial charge in [-0.2, -0.15) is 0 Å². The fourth-order valence-electron chi connectivity index (χ4n) is 3.66. The first kappa shape index (κ1) is 20.4. The molecule has 2 rings (SSSR count). The Hall–Kier alpha value is -0.892. The first-order valence-corrected chi connectivity index (χ1v) is 21.2. The number of ether oxygens (including phenoxy) is 1. The minimum absolute atomic E-state index is 0.848. The molecule has 0 saturated carbocycles. The van der Waals surface area contributed by atoms with Gasteiger partial charge in [0.15, 0.2) is 0 Å². The fourth-order valence-corrected chi connectivity index (χ4v) is 13.2. The molecule has 0 spiro atoms. The van der Waals surface area contributed by atoms with E-state index in [1.807, 2.05) is 0 Å². The molecule has 0 N–H and O–H groups in total. The summed E-state index contributed by atoms with van der Waals surface area (Å²) in [4.78, 5) is 0. The van der Waals surface area contributed by atoms with Gasteiger partial charge in [0, 0.05) is 0 Å². The van der Waals surface area contributed by atoms with Gasteiger partial charge in [-0.3, -0.25) is 0 Å². The lowest BCUT2D eigenvalue weighted by atomic mass is 10.3. The van der Waals surface area contributed by atoms with Crippen LogP contribution in [-0.2, 0) is 0 Å². The van der Waals surface area contributed by atoms with Crippen LogP contribution in [0.3, 0.4) is 0 Å². The Balaban J connectivity index is 2.58. The zero-order chi connectivity index (χ0) is 18.7. The predicted molar refractivity (Wildman–Crippen MR) is 127 cm³/mol. The van der Waals surface area contributed by atoms with Crippen LogP contribution in [0.15, 0.2) is 36.4 Å². The fraction of sp³-hybridized carbons (Fsp3) is 0.400. The summed E-state index contributed by atoms with van der Waals surface area (Å²) in [5, 5.41) is 6.34. The zero-order valence-electron chi connectivity index (χ0n) is 17.2. The smallest absolute Gasteiger partial charge is 0.126 e. The molecule has 2 aromatic rings. The van der Waals surface area contributed by atoms with Crippen molar-refractivity contribution in [3.63, 3.8) is 0 Å². The third-order valence-corrected chi connectivity index (χ3v) is 12.5. The first-order chi connectivity index (χ1) is 11.7. The van der Waals surface area contributed by atoms with E-state index in [0.29, 0.717) is 0 Å². The second-order valence-corrected chi connectivity index (χ2v) is 19.9. The molecule has 0 aliphatic rings. The Kier molecular flexibility index (Phi) is 7.08. The van der Waals surface area contributed by atoms with Gasteiger partial charge < -0.3 is 4.74 Å². The van der Waals surface area contributed by atoms with Crippen molar-refractivity contribution in [2.75, 3.05) is 0 Å². The average molecular weight is 403 g/mol. The van der Waals surface area contributed by atoms with Crippen molar-refractivity contribution in [3.05, 3.63) is 36.4 Å². The molecule has 2 aromatic carbocycles. The average Bonchev–Trinajstić information content (AvgIpc) is 2.53. The van der Waals surface area contributed by atoms with Crippen LogP contribution < -0.4 is 25.5 Å². The maximum Gasteiger partial charge on any atom is 0.126 e. The Bertz CT molecular complexity index is 662. The van der Waals surface area contributed by atoms with Crippen molar-refractivity contribution in [3.8, 4) is 11.5 Å². The summed E-state index contributed by atoms with van der Waals surface area (Å²) < 4.78 is 6.66. The maximum absolute atomic E-state index is 6.66. The summed E-state index contributed by atoms with van der Waals surface area (Å²) in [5.41, 5.74) is 0. The van der Waals surface area contributed by atoms with Crippen LogP contribution in [0.25, 0.3) is 0 Å². The van der Waals surface area contributed by atoms with Crippen LogP contribution in [0, 0.1) is 0 Å². The Morgan fingerprint density at radius 1 is 0.520 bits per heavy atom. The van der Waals surface area contributed by atoms with Crippen LogP contribution in [-0.4, -0.2) is 35.2 Å². The Morgan fingerprint density at radius 2 is 0.880 bits per heavy atom. The van der Waals surface area contributed by atoms with Gasteiger partial charge in [0.25, 0.3) is 0 Å². The second kappa shape index (κ2) is 8.66. The van der Waals surface area contributed by atoms with E-state index < -0.39 is 35.2 Å². The van der Waals surface area contributed by atoms with E-state index in [4.69, 9.17) is 4.74 Å². The lowest BCUT2D eigenvalue weighted by molar-refractivity contribution is 0.490. The molecule has 136 valence electrons. The number of rotatable bonds is 6. The summed E-state index contributed by atoms with van der Waals surface area (Å²) in [6.07, 6.45) is 0. The van der Waals surface area contributed by atoms with E-state index in [1.165, 1.54) is 0 Å². The van der Waals surface area contributed by atoms with Gasteiger partial charge in [-0.25, -0.2) is 0 Å². The molecule has 1 nitrogen and oxygen atoms in total. The van der Waals surface area contributed by atoms with Crippen molar-refractivity contribution in [1.82, 2.24) is 0 Å². The Morgan fingerprint density at radius 3 is 1.16 bits per heavy atom. The number of hydrogen-bond donors (Lipinski definition) is 0. The van der Waals surface area contributed by atoms with Crippen LogP contribution in [0.5, 0.6) is 11.5 Å². The SMILES string of the molecule is C[SiH](C)c1cccc(Oc2cccc([SiH](C)C)c2[SiH](C)C)c1[SiH](C)C. The van der Waals surface area contributed by atoms with Crippen molar-refractivity contribution < 1.29 is 4.74 Å². The summed E-state index contributed by atoms with van der Waals surface area (Å²) in [6, 6.07) is 13.5. The molecular weight excluding hydrogens is 369 g/mol. The largest absolute Gasteiger partial charge is 0.458 e. The summed E-state index contributed by atoms with van der Waals surface area (Å²) in [6.45, 7) is 19.4. The van der Waals surface area contributed by atoms with Gasteiger partial charge in [0.1, 0.15) is 11.5 Å². The maximum atomic E-state index is 6.66. The molecule has 0 heterocycles. The molecule has 0 atom stereocenters. The van der Waals surface area contributed by atoms with E-state index >= 15 is 0 Å². The van der Waals surface area contributed by atoms with Crippen molar-refractivity contribution in [2.24, 2.45) is 0 Å². The second-order valence-electron chi connectivity index (χ2n) is 8.24. The monoisotopic (exact) mass is 402 g/mol. The van der Waals surface area contributed by atoms with E-state index in [1.54, 1.807) is 20.7 Å². The molecule has 0 bridgehead atoms. The predicted octanol–water partition coefficient (Wildman–Crippen LogP) is 2.25. The third-order valence-electron chi connectivity index (χ3n) is 4.82. The van der Waals surface area contributed by atoms with E-state index in [2.05, 4.69) is 88.8 Å². The molecule has 0 aliphatic heterocycles. The summed E-state index contributed by atoms with van der Waals surface area (Å²) in [7, 11) is -3.59. The van der Waals surface area contributed by atoms with Crippen LogP contribution in [0.4, 0.5) is 0 Å². The molecule has 0 radical (unpaired) electrons. The lowest BCUT2D eigenvalue weighted by Crippen LogP contribution is -2.46. The lowest BCUT2D eigenvalue weighted by Gasteiger charge is -2.23. The first-order valence-electron chi connectivity index (χ1n) is 9.67. The molecule has 25 heavy (non-hydrogen) atoms. The van der Waals surface area contributed by atoms with Crippen LogP contribution >= 0.6 is 0 Å². The highest BCUT2D eigenvalue weighted by atomic mass is 28.3. The highest BCUT2D eigenvalue weighted by Gasteiger charge is 2.20. The van der Waals surface area contributed by atoms with Crippen molar-refractivity contribution in [2.45, 2.75) is 52.4 Å². The minimum atomic E-state index is -0.947. The van der Waals surface area contributed by atoms with Crippen molar-refractivity contribution in [1.29, 1.82) is 0 Å². The molecule has 0 amide bonds. The van der Waals surface area contributed by atoms with Gasteiger partial charge in [-0.1, -0.05) is 87.0 Å². The van der Waals surface area contributed by atoms with Crippen LogP contribution in [0.2, 0.25) is 52.4 Å². The minimum Gasteiger partial charge on any atom is -0.458 e. The highest BCUT2D eigenvalue weighted by Crippen LogP contribution is 2.19. The van der Waals surface area contributed by atoms with Gasteiger partial charge in [-0.05, 0) is 22.5 Å². The van der Waals surface area contributed by atoms with Crippen LogP contribution in [0.1, 0.15) is 0 Å². The summed E-state index contributed by atoms with van der Waals surface area (Å²) >= 11 is 0. The zero-order valence-corrected chi connectivity index (χ0v) is 21.8. The quantitative estimate of drug-likeness (QED) is 0.673. The summed E-state index contributed by atoms with van der Waals surface area (Å²) in [5.74, 6) is 2.28. The Labute approximate surface area is 160 Å². The normalized spacial score (nSPS) is 11.8. The number of hydrogen-bond acceptors (Lipinski definition) is 1. The molecular formula is C20H34OSi4. The molecule has 0 aliphatic carbocycles. The molecule has 5 heteroatoms. The molecule has 0 unspecified atom stereocenters. The van der Waals surface area contributed by atoms with E-state index in [0.717, 1.165) is 11.5 Å². The van der Waals surface area contributed by atoms with E-state index in [9.17, 15) is 0 Å². The van der Waals surface area contributed by atoms with Gasteiger partial charge in [0.2, 0.25) is 0 Å². The van der Waals surface area contributed by atoms with Crippen molar-refractivity contribution >= 4 is 55.9 Å². The van der Waals surface area contributed by atoms with Gasteiger partial charge in [0.05, 0.1) is 35.2 Å². The van der Waals surface area contributed by atoms with Gasteiger partial charge >= 0.3 is 0 Å². The molecule has 0 aromatic heterocycles. The molecule has 0 fully saturated rings. The standard InChI is InChI=1S/C20H34OSi4/c1-22(2)17-13-9-11-15(19(17)24(5)6)21-16-12-10-14-18(23(3)4)20(16)25(7)8/h9-14,22-25H,1-8H3. The molecule has 0 saturated heterocycles.